The molecular weight excluding hydrogens is 882 g/mol. The molecule has 0 unspecified atom stereocenters. The van der Waals surface area contributed by atoms with Crippen molar-refractivity contribution in [1.82, 2.24) is 0 Å². The third-order valence-corrected chi connectivity index (χ3v) is 16.7. The molecule has 13 rings (SSSR count). The summed E-state index contributed by atoms with van der Waals surface area (Å²) in [5.74, 6) is 0. The van der Waals surface area contributed by atoms with Crippen molar-refractivity contribution in [3.8, 4) is 11.1 Å². The third kappa shape index (κ3) is 7.08. The molecule has 2 aliphatic heterocycles. The van der Waals surface area contributed by atoms with Crippen LogP contribution in [0.25, 0.3) is 33.1 Å². The summed E-state index contributed by atoms with van der Waals surface area (Å²) in [4.78, 5) is 9.24. The number of furan rings is 1. The Labute approximate surface area is 422 Å². The largest absolute Gasteiger partial charge is 0.455 e. The molecule has 0 radical (unpaired) electrons. The number of rotatable bonds is 6. The number of fused-ring (bicyclic) bond motifs is 9. The van der Waals surface area contributed by atoms with Gasteiger partial charge in [0, 0.05) is 71.4 Å². The Bertz CT molecular complexity index is 3710. The number of thiophene rings is 1. The van der Waals surface area contributed by atoms with Gasteiger partial charge in [-0.25, -0.2) is 0 Å². The molecule has 4 heterocycles. The Morgan fingerprint density at radius 1 is 0.549 bits per heavy atom. The van der Waals surface area contributed by atoms with Crippen molar-refractivity contribution in [2.75, 3.05) is 14.7 Å². The summed E-state index contributed by atoms with van der Waals surface area (Å²) in [7, 11) is 0. The second kappa shape index (κ2) is 16.4. The van der Waals surface area contributed by atoms with E-state index in [1.54, 1.807) is 10.4 Å². The lowest BCUT2D eigenvalue weighted by atomic mass is 9.36. The molecular formula is C65H58BN3OS. The number of aryl methyl sites for hydroxylation is 2. The number of anilines is 9. The fourth-order valence-electron chi connectivity index (χ4n) is 11.8. The molecule has 0 N–H and O–H groups in total. The highest BCUT2D eigenvalue weighted by Crippen LogP contribution is 2.51. The van der Waals surface area contributed by atoms with Crippen molar-refractivity contribution < 1.29 is 4.42 Å². The summed E-state index contributed by atoms with van der Waals surface area (Å²) >= 11 is 2.07. The van der Waals surface area contributed by atoms with Crippen LogP contribution in [0.4, 0.5) is 51.2 Å². The predicted molar refractivity (Wildman–Crippen MR) is 305 cm³/mol. The number of para-hydroxylation sites is 4. The van der Waals surface area contributed by atoms with Crippen LogP contribution < -0.4 is 30.4 Å². The Morgan fingerprint density at radius 3 is 1.92 bits per heavy atom. The summed E-state index contributed by atoms with van der Waals surface area (Å²) in [5.41, 5.74) is 22.8. The molecule has 348 valence electrons. The SMILES string of the molecule is Cc1cc2c3c(c1)N(c1ccccc1)c1c(sc4c1CCCC4)B3c1ccc(N(c3ccc(C(C)(C)C)cc3)c3ccc(C(C)(C)C)cc3-c3cccc4c3oc3ccccc34)cc1N2c1ccccc1. The van der Waals surface area contributed by atoms with Gasteiger partial charge in [0.15, 0.2) is 0 Å². The van der Waals surface area contributed by atoms with E-state index in [4.69, 9.17) is 4.42 Å². The molecule has 10 aromatic rings. The average Bonchev–Trinajstić information content (AvgIpc) is 3.96. The smallest absolute Gasteiger partial charge is 0.264 e. The van der Waals surface area contributed by atoms with Crippen LogP contribution in [0.3, 0.4) is 0 Å². The Kier molecular flexibility index (Phi) is 10.1. The van der Waals surface area contributed by atoms with Crippen molar-refractivity contribution in [3.63, 3.8) is 0 Å². The second-order valence-electron chi connectivity index (χ2n) is 22.1. The molecule has 0 saturated heterocycles. The van der Waals surface area contributed by atoms with Gasteiger partial charge >= 0.3 is 0 Å². The van der Waals surface area contributed by atoms with Crippen LogP contribution in [0.1, 0.15) is 81.5 Å². The van der Waals surface area contributed by atoms with Gasteiger partial charge < -0.3 is 19.1 Å². The quantitative estimate of drug-likeness (QED) is 0.155. The lowest BCUT2D eigenvalue weighted by molar-refractivity contribution is 0.590. The van der Waals surface area contributed by atoms with Crippen LogP contribution in [0, 0.1) is 6.92 Å². The van der Waals surface area contributed by atoms with Gasteiger partial charge in [-0.05, 0) is 155 Å². The Balaban J connectivity index is 1.09. The fraction of sp³-hybridized carbons (Fsp3) is 0.200. The van der Waals surface area contributed by atoms with Crippen molar-refractivity contribution in [2.24, 2.45) is 0 Å². The van der Waals surface area contributed by atoms with Crippen molar-refractivity contribution >= 4 is 107 Å². The zero-order valence-electron chi connectivity index (χ0n) is 41.8. The van der Waals surface area contributed by atoms with E-state index in [2.05, 4.69) is 250 Å². The van der Waals surface area contributed by atoms with Gasteiger partial charge in [0.05, 0.1) is 11.4 Å². The number of hydrogen-bond donors (Lipinski definition) is 0. The van der Waals surface area contributed by atoms with E-state index >= 15 is 0 Å². The zero-order chi connectivity index (χ0) is 48.3. The van der Waals surface area contributed by atoms with Crippen LogP contribution in [0.15, 0.2) is 180 Å². The van der Waals surface area contributed by atoms with Gasteiger partial charge in [0.1, 0.15) is 11.2 Å². The van der Waals surface area contributed by atoms with E-state index in [1.165, 1.54) is 73.7 Å². The monoisotopic (exact) mass is 939 g/mol. The minimum absolute atomic E-state index is 0.00213. The fourth-order valence-corrected chi connectivity index (χ4v) is 13.3. The van der Waals surface area contributed by atoms with Crippen LogP contribution >= 0.6 is 11.3 Å². The highest BCUT2D eigenvalue weighted by atomic mass is 32.1. The average molecular weight is 940 g/mol. The molecule has 0 amide bonds. The van der Waals surface area contributed by atoms with Crippen LogP contribution in [-0.4, -0.2) is 6.71 Å². The molecule has 71 heavy (non-hydrogen) atoms. The Hall–Kier alpha value is -7.28. The minimum atomic E-state index is -0.0867. The number of benzene rings is 8. The summed E-state index contributed by atoms with van der Waals surface area (Å²) in [5, 5.41) is 2.26. The van der Waals surface area contributed by atoms with E-state index in [0.717, 1.165) is 68.7 Å². The highest BCUT2D eigenvalue weighted by molar-refractivity contribution is 7.29. The predicted octanol–water partition coefficient (Wildman–Crippen LogP) is 16.6. The van der Waals surface area contributed by atoms with Crippen molar-refractivity contribution in [2.45, 2.75) is 85.0 Å². The van der Waals surface area contributed by atoms with Gasteiger partial charge in [-0.15, -0.1) is 0 Å². The van der Waals surface area contributed by atoms with Gasteiger partial charge in [0.2, 0.25) is 0 Å². The van der Waals surface area contributed by atoms with E-state index in [9.17, 15) is 0 Å². The van der Waals surface area contributed by atoms with Crippen LogP contribution in [0.5, 0.6) is 0 Å². The number of nitrogens with zero attached hydrogens (tertiary/aromatic N) is 3. The highest BCUT2D eigenvalue weighted by Gasteiger charge is 2.46. The molecule has 1 aliphatic carbocycles. The van der Waals surface area contributed by atoms with Gasteiger partial charge in [-0.1, -0.05) is 139 Å². The molecule has 0 atom stereocenters. The molecule has 0 bridgehead atoms. The van der Waals surface area contributed by atoms with Crippen LogP contribution in [0.2, 0.25) is 0 Å². The first-order chi connectivity index (χ1) is 34.4. The first-order valence-electron chi connectivity index (χ1n) is 25.5. The summed E-state index contributed by atoms with van der Waals surface area (Å²) < 4.78 is 8.32. The zero-order valence-corrected chi connectivity index (χ0v) is 42.6. The molecule has 4 nitrogen and oxygen atoms in total. The van der Waals surface area contributed by atoms with E-state index in [-0.39, 0.29) is 17.5 Å². The maximum Gasteiger partial charge on any atom is 0.264 e. The molecule has 8 aromatic carbocycles. The first-order valence-corrected chi connectivity index (χ1v) is 26.3. The van der Waals surface area contributed by atoms with Crippen molar-refractivity contribution in [3.05, 3.63) is 203 Å². The van der Waals surface area contributed by atoms with Gasteiger partial charge in [-0.3, -0.25) is 0 Å². The molecule has 0 fully saturated rings. The summed E-state index contributed by atoms with van der Waals surface area (Å²) in [6, 6.07) is 65.9. The lowest BCUT2D eigenvalue weighted by Crippen LogP contribution is -2.60. The maximum absolute atomic E-state index is 6.85. The molecule has 6 heteroatoms. The Morgan fingerprint density at radius 2 is 1.18 bits per heavy atom. The third-order valence-electron chi connectivity index (χ3n) is 15.3. The van der Waals surface area contributed by atoms with Crippen molar-refractivity contribution in [1.29, 1.82) is 0 Å². The van der Waals surface area contributed by atoms with E-state index in [0.29, 0.717) is 0 Å². The summed E-state index contributed by atoms with van der Waals surface area (Å²) in [6.45, 7) is 16.2. The standard InChI is InChI=1S/C65H58BN3OS/c1-41-37-56-60-57(38-41)69(45-21-12-9-13-22-45)61-51-24-15-17-28-59(51)71-63(61)66(60)53-35-34-47(40-55(53)68(56)44-19-10-8-11-20-44)67(46-32-29-42(30-33-46)64(2,3)4)54-36-31-43(65(5,6)7)39-52(54)50-26-18-25-49-48-23-14-16-27-58(48)70-62(49)50/h8-14,16,18-23,25-27,29-40H,15,17,24,28H2,1-7H3. The van der Waals surface area contributed by atoms with Crippen LogP contribution in [-0.2, 0) is 23.7 Å². The first kappa shape index (κ1) is 43.7. The second-order valence-corrected chi connectivity index (χ2v) is 23.2. The van der Waals surface area contributed by atoms with E-state index in [1.807, 2.05) is 0 Å². The maximum atomic E-state index is 6.85. The molecule has 0 saturated carbocycles. The van der Waals surface area contributed by atoms with Gasteiger partial charge in [0.25, 0.3) is 6.71 Å². The lowest BCUT2D eigenvalue weighted by Gasteiger charge is -2.44. The summed E-state index contributed by atoms with van der Waals surface area (Å²) in [6.07, 6.45) is 4.74. The van der Waals surface area contributed by atoms with E-state index < -0.39 is 0 Å². The normalized spacial score (nSPS) is 14.1. The topological polar surface area (TPSA) is 22.9 Å². The minimum Gasteiger partial charge on any atom is -0.455 e. The molecule has 0 spiro atoms. The molecule has 3 aliphatic rings. The van der Waals surface area contributed by atoms with Gasteiger partial charge in [-0.2, -0.15) is 11.3 Å². The number of hydrogen-bond acceptors (Lipinski definition) is 5. The molecule has 2 aromatic heterocycles.